The molecule has 0 heterocycles. The minimum atomic E-state index is 0.117. The summed E-state index contributed by atoms with van der Waals surface area (Å²) in [4.78, 5) is 4.42. The molecule has 0 radical (unpaired) electrons. The van der Waals surface area contributed by atoms with Crippen molar-refractivity contribution in [1.29, 1.82) is 0 Å². The second kappa shape index (κ2) is 7.53. The lowest BCUT2D eigenvalue weighted by Gasteiger charge is -2.17. The molecule has 0 amide bonds. The molecule has 2 aromatic rings. The zero-order chi connectivity index (χ0) is 15.2. The third-order valence-electron chi connectivity index (χ3n) is 2.90. The van der Waals surface area contributed by atoms with E-state index in [1.807, 2.05) is 56.3 Å². The fraction of sp³-hybridized carbons (Fsp3) is 0.235. The van der Waals surface area contributed by atoms with Gasteiger partial charge in [-0.1, -0.05) is 65.8 Å². The fourth-order valence-corrected chi connectivity index (χ4v) is 3.23. The van der Waals surface area contributed by atoms with Crippen LogP contribution in [0.1, 0.15) is 30.2 Å². The topological polar surface area (TPSA) is 38.4 Å². The summed E-state index contributed by atoms with van der Waals surface area (Å²) in [6.45, 7) is 4.04. The zero-order valence-electron chi connectivity index (χ0n) is 12.2. The first kappa shape index (κ1) is 15.9. The zero-order valence-corrected chi connectivity index (χ0v) is 13.7. The molecule has 2 aromatic carbocycles. The summed E-state index contributed by atoms with van der Waals surface area (Å²) >= 11 is 7.55. The third-order valence-corrected chi connectivity index (χ3v) is 4.28. The largest absolute Gasteiger partial charge is 0.379 e. The van der Waals surface area contributed by atoms with Gasteiger partial charge in [0.15, 0.2) is 5.17 Å². The number of halogens is 1. The van der Waals surface area contributed by atoms with Gasteiger partial charge in [0.2, 0.25) is 0 Å². The van der Waals surface area contributed by atoms with E-state index in [1.165, 1.54) is 5.56 Å². The quantitative estimate of drug-likeness (QED) is 0.644. The molecule has 0 aliphatic heterocycles. The summed E-state index contributed by atoms with van der Waals surface area (Å²) < 4.78 is 0. The first-order valence-electron chi connectivity index (χ1n) is 6.86. The fourth-order valence-electron chi connectivity index (χ4n) is 2.00. The van der Waals surface area contributed by atoms with Gasteiger partial charge in [-0.15, -0.1) is 0 Å². The minimum Gasteiger partial charge on any atom is -0.379 e. The molecule has 1 atom stereocenters. The van der Waals surface area contributed by atoms with Crippen LogP contribution in [-0.4, -0.2) is 11.2 Å². The van der Waals surface area contributed by atoms with Gasteiger partial charge in [-0.2, -0.15) is 0 Å². The highest BCUT2D eigenvalue weighted by molar-refractivity contribution is 8.14. The predicted molar refractivity (Wildman–Crippen MR) is 94.1 cm³/mol. The van der Waals surface area contributed by atoms with Gasteiger partial charge < -0.3 is 5.73 Å². The van der Waals surface area contributed by atoms with Crippen LogP contribution in [0.4, 0.5) is 0 Å². The summed E-state index contributed by atoms with van der Waals surface area (Å²) in [5, 5.41) is 1.46. The average Bonchev–Trinajstić information content (AvgIpc) is 2.46. The molecule has 0 saturated heterocycles. The maximum Gasteiger partial charge on any atom is 0.155 e. The van der Waals surface area contributed by atoms with Gasteiger partial charge in [0, 0.05) is 11.1 Å². The van der Waals surface area contributed by atoms with Crippen LogP contribution in [0.5, 0.6) is 0 Å². The molecule has 0 fully saturated rings. The van der Waals surface area contributed by atoms with Crippen LogP contribution in [0, 0.1) is 0 Å². The first-order valence-corrected chi connectivity index (χ1v) is 8.12. The smallest absolute Gasteiger partial charge is 0.155 e. The van der Waals surface area contributed by atoms with Gasteiger partial charge in [0.05, 0.1) is 5.25 Å². The van der Waals surface area contributed by atoms with Crippen LogP contribution < -0.4 is 5.73 Å². The number of hydrogen-bond acceptors (Lipinski definition) is 2. The minimum absolute atomic E-state index is 0.117. The highest BCUT2D eigenvalue weighted by atomic mass is 35.5. The summed E-state index contributed by atoms with van der Waals surface area (Å²) in [5.74, 6) is 0. The molecule has 0 aromatic heterocycles. The van der Waals surface area contributed by atoms with Gasteiger partial charge >= 0.3 is 0 Å². The molecule has 0 aliphatic carbocycles. The third kappa shape index (κ3) is 4.80. The van der Waals surface area contributed by atoms with Crippen molar-refractivity contribution < 1.29 is 0 Å². The van der Waals surface area contributed by atoms with Crippen LogP contribution in [0.25, 0.3) is 0 Å². The Morgan fingerprint density at radius 1 is 1.00 bits per heavy atom. The van der Waals surface area contributed by atoms with Crippen LogP contribution in [0.2, 0.25) is 5.02 Å². The van der Waals surface area contributed by atoms with Crippen molar-refractivity contribution in [3.8, 4) is 0 Å². The molecular formula is C17H19ClN2S. The van der Waals surface area contributed by atoms with Crippen molar-refractivity contribution in [1.82, 2.24) is 0 Å². The van der Waals surface area contributed by atoms with Crippen molar-refractivity contribution in [2.24, 2.45) is 10.7 Å². The van der Waals surface area contributed by atoms with E-state index in [2.05, 4.69) is 17.1 Å². The van der Waals surface area contributed by atoms with E-state index in [4.69, 9.17) is 17.3 Å². The molecule has 21 heavy (non-hydrogen) atoms. The maximum absolute atomic E-state index is 6.07. The number of rotatable bonds is 4. The standard InChI is InChI=1S/C17H19ClN2S/c1-12(2)20-17(19)21-16(13-6-4-3-5-7-13)14-8-10-15(18)11-9-14/h3-12,16H,1-2H3,(H2,19,20)/t16-/m1/s1. The molecule has 110 valence electrons. The molecule has 0 spiro atoms. The molecule has 2 nitrogen and oxygen atoms in total. The number of thioether (sulfide) groups is 1. The molecule has 0 bridgehead atoms. The van der Waals surface area contributed by atoms with E-state index in [9.17, 15) is 0 Å². The number of aliphatic imine (C=N–C) groups is 1. The summed E-state index contributed by atoms with van der Waals surface area (Å²) in [6, 6.07) is 18.4. The average molecular weight is 319 g/mol. The normalized spacial score (nSPS) is 13.4. The lowest BCUT2D eigenvalue weighted by Crippen LogP contribution is -2.13. The summed E-state index contributed by atoms with van der Waals surface area (Å²) in [7, 11) is 0. The van der Waals surface area contributed by atoms with E-state index >= 15 is 0 Å². The summed E-state index contributed by atoms with van der Waals surface area (Å²) in [6.07, 6.45) is 0. The highest BCUT2D eigenvalue weighted by Crippen LogP contribution is 2.36. The molecule has 2 rings (SSSR count). The number of benzene rings is 2. The van der Waals surface area contributed by atoms with Gasteiger partial charge in [-0.3, -0.25) is 4.99 Å². The maximum atomic E-state index is 6.07. The highest BCUT2D eigenvalue weighted by Gasteiger charge is 2.16. The Kier molecular flexibility index (Phi) is 5.71. The second-order valence-electron chi connectivity index (χ2n) is 5.02. The van der Waals surface area contributed by atoms with Crippen LogP contribution >= 0.6 is 23.4 Å². The van der Waals surface area contributed by atoms with Gasteiger partial charge in [-0.05, 0) is 37.1 Å². The van der Waals surface area contributed by atoms with E-state index in [-0.39, 0.29) is 11.3 Å². The van der Waals surface area contributed by atoms with Crippen molar-refractivity contribution in [3.05, 3.63) is 70.7 Å². The molecule has 0 unspecified atom stereocenters. The number of nitrogens with zero attached hydrogens (tertiary/aromatic N) is 1. The lowest BCUT2D eigenvalue weighted by molar-refractivity contribution is 0.837. The Morgan fingerprint density at radius 2 is 1.57 bits per heavy atom. The van der Waals surface area contributed by atoms with Crippen LogP contribution in [0.15, 0.2) is 59.6 Å². The van der Waals surface area contributed by atoms with E-state index in [1.54, 1.807) is 11.8 Å². The molecule has 0 aliphatic rings. The van der Waals surface area contributed by atoms with E-state index < -0.39 is 0 Å². The monoisotopic (exact) mass is 318 g/mol. The Hall–Kier alpha value is -1.45. The second-order valence-corrected chi connectivity index (χ2v) is 6.58. The van der Waals surface area contributed by atoms with Crippen LogP contribution in [0.3, 0.4) is 0 Å². The Balaban J connectivity index is 2.33. The summed E-state index contributed by atoms with van der Waals surface area (Å²) in [5.41, 5.74) is 8.43. The van der Waals surface area contributed by atoms with Gasteiger partial charge in [0.1, 0.15) is 0 Å². The van der Waals surface area contributed by atoms with Crippen molar-refractivity contribution in [3.63, 3.8) is 0 Å². The molecule has 0 saturated carbocycles. The Labute approximate surface area is 135 Å². The lowest BCUT2D eigenvalue weighted by atomic mass is 10.0. The first-order chi connectivity index (χ1) is 10.1. The molecule has 4 heteroatoms. The predicted octanol–water partition coefficient (Wildman–Crippen LogP) is 4.89. The Morgan fingerprint density at radius 3 is 2.14 bits per heavy atom. The van der Waals surface area contributed by atoms with E-state index in [0.29, 0.717) is 5.17 Å². The van der Waals surface area contributed by atoms with E-state index in [0.717, 1.165) is 10.6 Å². The van der Waals surface area contributed by atoms with Crippen molar-refractivity contribution in [2.75, 3.05) is 0 Å². The number of nitrogens with two attached hydrogens (primary N) is 1. The van der Waals surface area contributed by atoms with Crippen molar-refractivity contribution in [2.45, 2.75) is 25.1 Å². The SMILES string of the molecule is CC(C)N=C(N)S[C@H](c1ccccc1)c1ccc(Cl)cc1. The van der Waals surface area contributed by atoms with Gasteiger partial charge in [0.25, 0.3) is 0 Å². The van der Waals surface area contributed by atoms with Crippen molar-refractivity contribution >= 4 is 28.5 Å². The number of hydrogen-bond donors (Lipinski definition) is 1. The van der Waals surface area contributed by atoms with Gasteiger partial charge in [-0.25, -0.2) is 0 Å². The molecular weight excluding hydrogens is 300 g/mol. The number of amidine groups is 1. The molecule has 2 N–H and O–H groups in total. The van der Waals surface area contributed by atoms with Crippen LogP contribution in [-0.2, 0) is 0 Å². The Bertz CT molecular complexity index is 594.